The van der Waals surface area contributed by atoms with Gasteiger partial charge >= 0.3 is 0 Å². The lowest BCUT2D eigenvalue weighted by Gasteiger charge is -2.42. The molecule has 2 fully saturated rings. The maximum atomic E-state index is 13.0. The molecule has 5 nitrogen and oxygen atoms in total. The van der Waals surface area contributed by atoms with Crippen LogP contribution in [0.2, 0.25) is 0 Å². The lowest BCUT2D eigenvalue weighted by atomic mass is 9.77. The fourth-order valence-electron chi connectivity index (χ4n) is 3.85. The highest BCUT2D eigenvalue weighted by atomic mass is 16.3. The number of likely N-dealkylation sites (tertiary alicyclic amines) is 1. The number of H-pyrrole nitrogens is 1. The van der Waals surface area contributed by atoms with Crippen LogP contribution in [0.25, 0.3) is 0 Å². The molecule has 0 aromatic carbocycles. The minimum Gasteiger partial charge on any atom is -0.396 e. The van der Waals surface area contributed by atoms with Gasteiger partial charge in [-0.25, -0.2) is 0 Å². The van der Waals surface area contributed by atoms with Crippen LogP contribution in [0.5, 0.6) is 0 Å². The van der Waals surface area contributed by atoms with Crippen molar-refractivity contribution >= 4 is 5.91 Å². The molecule has 122 valence electrons. The molecule has 0 bridgehead atoms. The van der Waals surface area contributed by atoms with Crippen molar-refractivity contribution in [1.29, 1.82) is 0 Å². The third-order valence-corrected chi connectivity index (χ3v) is 5.22. The second-order valence-corrected chi connectivity index (χ2v) is 7.12. The second kappa shape index (κ2) is 6.03. The molecule has 0 radical (unpaired) electrons. The van der Waals surface area contributed by atoms with Gasteiger partial charge in [-0.1, -0.05) is 13.3 Å². The van der Waals surface area contributed by atoms with E-state index in [-0.39, 0.29) is 17.9 Å². The van der Waals surface area contributed by atoms with Crippen LogP contribution in [0.1, 0.15) is 73.1 Å². The fraction of sp³-hybridized carbons (Fsp3) is 0.765. The number of aliphatic hydroxyl groups excluding tert-OH is 1. The van der Waals surface area contributed by atoms with Crippen LogP contribution in [0.3, 0.4) is 0 Å². The first-order valence-corrected chi connectivity index (χ1v) is 8.55. The Balaban J connectivity index is 1.81. The lowest BCUT2D eigenvalue weighted by molar-refractivity contribution is 0.0221. The number of carbonyl (C=O) groups excluding carboxylic acids is 1. The van der Waals surface area contributed by atoms with E-state index in [4.69, 9.17) is 0 Å². The van der Waals surface area contributed by atoms with Gasteiger partial charge in [0.1, 0.15) is 0 Å². The average molecular weight is 305 g/mol. The van der Waals surface area contributed by atoms with Crippen molar-refractivity contribution in [2.24, 2.45) is 5.41 Å². The van der Waals surface area contributed by atoms with Gasteiger partial charge in [0.15, 0.2) is 0 Å². The number of amides is 1. The quantitative estimate of drug-likeness (QED) is 0.878. The molecule has 1 aromatic rings. The van der Waals surface area contributed by atoms with Gasteiger partial charge in [0.05, 0.1) is 17.9 Å². The summed E-state index contributed by atoms with van der Waals surface area (Å²) in [4.78, 5) is 15.0. The number of carbonyl (C=O) groups is 1. The third kappa shape index (κ3) is 2.78. The number of hydrogen-bond acceptors (Lipinski definition) is 3. The Labute approximate surface area is 132 Å². The van der Waals surface area contributed by atoms with E-state index in [0.29, 0.717) is 12.5 Å². The summed E-state index contributed by atoms with van der Waals surface area (Å²) in [5.41, 5.74) is 2.51. The molecular weight excluding hydrogens is 278 g/mol. The van der Waals surface area contributed by atoms with E-state index in [9.17, 15) is 9.90 Å². The molecule has 1 saturated carbocycles. The Kier molecular flexibility index (Phi) is 4.26. The normalized spacial score (nSPS) is 25.5. The van der Waals surface area contributed by atoms with E-state index in [0.717, 1.165) is 62.0 Å². The summed E-state index contributed by atoms with van der Waals surface area (Å²) in [6.45, 7) is 5.71. The summed E-state index contributed by atoms with van der Waals surface area (Å²) < 4.78 is 0. The van der Waals surface area contributed by atoms with Crippen molar-refractivity contribution in [3.63, 3.8) is 0 Å². The average Bonchev–Trinajstić information content (AvgIpc) is 3.30. The van der Waals surface area contributed by atoms with Crippen LogP contribution in [0.4, 0.5) is 0 Å². The van der Waals surface area contributed by atoms with Crippen molar-refractivity contribution in [2.75, 3.05) is 19.7 Å². The van der Waals surface area contributed by atoms with Crippen molar-refractivity contribution < 1.29 is 9.90 Å². The summed E-state index contributed by atoms with van der Waals surface area (Å²) in [6.07, 6.45) is 6.29. The number of hydrogen-bond donors (Lipinski definition) is 2. The minimum atomic E-state index is -0.111. The van der Waals surface area contributed by atoms with Crippen LogP contribution >= 0.6 is 0 Å². The molecule has 2 N–H and O–H groups in total. The standard InChI is InChI=1S/C17H27N3O2/c1-3-7-17(11-21)8-4-9-20(10-17)16(22)14-12(2)18-19-15(14)13-5-6-13/h13,21H,3-11H2,1-2H3,(H,18,19). The van der Waals surface area contributed by atoms with E-state index in [1.807, 2.05) is 11.8 Å². The number of aromatic amines is 1. The number of aliphatic hydroxyl groups is 1. The van der Waals surface area contributed by atoms with Crippen LogP contribution < -0.4 is 0 Å². The Morgan fingerprint density at radius 1 is 1.50 bits per heavy atom. The number of rotatable bonds is 5. The van der Waals surface area contributed by atoms with Gasteiger partial charge in [0, 0.05) is 30.1 Å². The van der Waals surface area contributed by atoms with Crippen molar-refractivity contribution in [2.45, 2.75) is 58.3 Å². The van der Waals surface area contributed by atoms with Crippen molar-refractivity contribution in [3.8, 4) is 0 Å². The summed E-state index contributed by atoms with van der Waals surface area (Å²) in [6, 6.07) is 0. The Bertz CT molecular complexity index is 546. The molecule has 3 rings (SSSR count). The van der Waals surface area contributed by atoms with Crippen molar-refractivity contribution in [3.05, 3.63) is 17.0 Å². The van der Waals surface area contributed by atoms with E-state index in [1.165, 1.54) is 0 Å². The lowest BCUT2D eigenvalue weighted by Crippen LogP contribution is -2.48. The summed E-state index contributed by atoms with van der Waals surface area (Å²) in [7, 11) is 0. The molecule has 5 heteroatoms. The van der Waals surface area contributed by atoms with Crippen molar-refractivity contribution in [1.82, 2.24) is 15.1 Å². The molecule has 1 aliphatic carbocycles. The Morgan fingerprint density at radius 2 is 2.27 bits per heavy atom. The number of nitrogens with one attached hydrogen (secondary N) is 1. The molecule has 1 aliphatic heterocycles. The fourth-order valence-corrected chi connectivity index (χ4v) is 3.85. The second-order valence-electron chi connectivity index (χ2n) is 7.12. The number of aromatic nitrogens is 2. The first-order chi connectivity index (χ1) is 10.6. The van der Waals surface area contributed by atoms with Crippen LogP contribution in [-0.2, 0) is 0 Å². The SMILES string of the molecule is CCCC1(CO)CCCN(C(=O)c2c(C3CC3)n[nH]c2C)C1. The van der Waals surface area contributed by atoms with E-state index < -0.39 is 0 Å². The van der Waals surface area contributed by atoms with E-state index in [2.05, 4.69) is 17.1 Å². The molecule has 1 saturated heterocycles. The third-order valence-electron chi connectivity index (χ3n) is 5.22. The molecule has 1 unspecified atom stereocenters. The molecule has 1 aromatic heterocycles. The summed E-state index contributed by atoms with van der Waals surface area (Å²) in [5.74, 6) is 0.564. The van der Waals surface area contributed by atoms with Gasteiger partial charge in [0.25, 0.3) is 5.91 Å². The zero-order chi connectivity index (χ0) is 15.7. The monoisotopic (exact) mass is 305 g/mol. The van der Waals surface area contributed by atoms with Crippen LogP contribution in [-0.4, -0.2) is 45.8 Å². The highest BCUT2D eigenvalue weighted by molar-refractivity contribution is 5.96. The van der Waals surface area contributed by atoms with Gasteiger partial charge in [-0.05, 0) is 39.0 Å². The smallest absolute Gasteiger partial charge is 0.257 e. The minimum absolute atomic E-state index is 0.0989. The number of piperidine rings is 1. The van der Waals surface area contributed by atoms with E-state index >= 15 is 0 Å². The molecule has 2 aliphatic rings. The largest absolute Gasteiger partial charge is 0.396 e. The summed E-state index contributed by atoms with van der Waals surface area (Å²) in [5, 5.41) is 17.2. The molecular formula is C17H27N3O2. The predicted octanol–water partition coefficient (Wildman–Crippen LogP) is 2.61. The van der Waals surface area contributed by atoms with Gasteiger partial charge in [-0.15, -0.1) is 0 Å². The highest BCUT2D eigenvalue weighted by Crippen LogP contribution is 2.42. The topological polar surface area (TPSA) is 69.2 Å². The molecule has 0 spiro atoms. The van der Waals surface area contributed by atoms with Crippen LogP contribution in [0.15, 0.2) is 0 Å². The maximum absolute atomic E-state index is 13.0. The molecule has 2 heterocycles. The number of aryl methyl sites for hydroxylation is 1. The first kappa shape index (κ1) is 15.5. The number of nitrogens with zero attached hydrogens (tertiary/aromatic N) is 2. The summed E-state index contributed by atoms with van der Waals surface area (Å²) >= 11 is 0. The van der Waals surface area contributed by atoms with Gasteiger partial charge in [-0.2, -0.15) is 5.10 Å². The molecule has 1 amide bonds. The van der Waals surface area contributed by atoms with Gasteiger partial charge in [-0.3, -0.25) is 9.89 Å². The molecule has 1 atom stereocenters. The zero-order valence-electron chi connectivity index (χ0n) is 13.7. The Hall–Kier alpha value is -1.36. The highest BCUT2D eigenvalue weighted by Gasteiger charge is 2.39. The van der Waals surface area contributed by atoms with E-state index in [1.54, 1.807) is 0 Å². The molecule has 22 heavy (non-hydrogen) atoms. The Morgan fingerprint density at radius 3 is 2.91 bits per heavy atom. The van der Waals surface area contributed by atoms with Gasteiger partial charge < -0.3 is 10.0 Å². The zero-order valence-corrected chi connectivity index (χ0v) is 13.7. The van der Waals surface area contributed by atoms with Gasteiger partial charge in [0.2, 0.25) is 0 Å². The van der Waals surface area contributed by atoms with Crippen LogP contribution in [0, 0.1) is 12.3 Å². The first-order valence-electron chi connectivity index (χ1n) is 8.55. The predicted molar refractivity (Wildman–Crippen MR) is 84.9 cm³/mol. The maximum Gasteiger partial charge on any atom is 0.257 e.